The number of hydrogen-bond acceptors (Lipinski definition) is 3. The molecular formula is C10H13N3O. The third-order valence-electron chi connectivity index (χ3n) is 2.35. The second kappa shape index (κ2) is 2.90. The van der Waals surface area contributed by atoms with Gasteiger partial charge >= 0.3 is 0 Å². The van der Waals surface area contributed by atoms with Crippen LogP contribution in [0.5, 0.6) is 0 Å². The third-order valence-corrected chi connectivity index (χ3v) is 2.35. The van der Waals surface area contributed by atoms with Crippen molar-refractivity contribution in [2.24, 2.45) is 0 Å². The van der Waals surface area contributed by atoms with Crippen LogP contribution in [0.2, 0.25) is 0 Å². The quantitative estimate of drug-likeness (QED) is 0.601. The molecule has 4 heteroatoms. The molecule has 1 aliphatic rings. The lowest BCUT2D eigenvalue weighted by Gasteiger charge is -2.28. The van der Waals surface area contributed by atoms with Crippen LogP contribution < -0.4 is 16.0 Å². The van der Waals surface area contributed by atoms with Gasteiger partial charge in [-0.15, -0.1) is 0 Å². The van der Waals surface area contributed by atoms with Crippen molar-refractivity contribution in [1.82, 2.24) is 0 Å². The number of carbonyl (C=O) groups excluding carboxylic acids is 1. The highest BCUT2D eigenvalue weighted by Crippen LogP contribution is 2.34. The van der Waals surface area contributed by atoms with Gasteiger partial charge in [0, 0.05) is 7.05 Å². The summed E-state index contributed by atoms with van der Waals surface area (Å²) in [5.74, 6) is -0.0180. The van der Waals surface area contributed by atoms with E-state index in [4.69, 9.17) is 5.73 Å². The van der Waals surface area contributed by atoms with Crippen LogP contribution in [0.4, 0.5) is 17.1 Å². The van der Waals surface area contributed by atoms with Gasteiger partial charge in [-0.25, -0.2) is 0 Å². The van der Waals surface area contributed by atoms with Crippen LogP contribution in [0, 0.1) is 6.92 Å². The van der Waals surface area contributed by atoms with Gasteiger partial charge in [0.05, 0.1) is 23.6 Å². The van der Waals surface area contributed by atoms with Crippen LogP contribution in [0.15, 0.2) is 12.1 Å². The minimum absolute atomic E-state index is 0.0180. The molecule has 3 N–H and O–H groups in total. The maximum absolute atomic E-state index is 11.3. The number of nitrogen functional groups attached to an aromatic ring is 1. The molecule has 0 aromatic heterocycles. The van der Waals surface area contributed by atoms with E-state index in [1.165, 1.54) is 0 Å². The van der Waals surface area contributed by atoms with Gasteiger partial charge < -0.3 is 16.0 Å². The Kier molecular flexibility index (Phi) is 1.84. The van der Waals surface area contributed by atoms with Crippen LogP contribution in [-0.4, -0.2) is 19.5 Å². The van der Waals surface area contributed by atoms with Crippen molar-refractivity contribution in [3.63, 3.8) is 0 Å². The van der Waals surface area contributed by atoms with Gasteiger partial charge in [-0.1, -0.05) is 0 Å². The van der Waals surface area contributed by atoms with E-state index < -0.39 is 0 Å². The van der Waals surface area contributed by atoms with E-state index in [2.05, 4.69) is 5.32 Å². The van der Waals surface area contributed by atoms with E-state index in [1.807, 2.05) is 31.0 Å². The lowest BCUT2D eigenvalue weighted by molar-refractivity contribution is -0.115. The standard InChI is InChI=1S/C10H13N3O/c1-6-3-7(11)10-8(4-6)13(2)5-9(14)12-10/h3-4H,5,11H2,1-2H3,(H,12,14). The van der Waals surface area contributed by atoms with Gasteiger partial charge in [-0.3, -0.25) is 4.79 Å². The highest BCUT2D eigenvalue weighted by Gasteiger charge is 2.20. The summed E-state index contributed by atoms with van der Waals surface area (Å²) >= 11 is 0. The fourth-order valence-electron chi connectivity index (χ4n) is 1.71. The predicted octanol–water partition coefficient (Wildman–Crippen LogP) is 0.966. The highest BCUT2D eigenvalue weighted by atomic mass is 16.2. The van der Waals surface area contributed by atoms with Gasteiger partial charge in [-0.05, 0) is 24.6 Å². The average Bonchev–Trinajstić information content (AvgIpc) is 2.07. The Morgan fingerprint density at radius 1 is 1.50 bits per heavy atom. The number of anilines is 3. The van der Waals surface area contributed by atoms with Crippen molar-refractivity contribution < 1.29 is 4.79 Å². The fourth-order valence-corrected chi connectivity index (χ4v) is 1.71. The molecule has 0 spiro atoms. The molecule has 0 atom stereocenters. The summed E-state index contributed by atoms with van der Waals surface area (Å²) < 4.78 is 0. The number of rotatable bonds is 0. The van der Waals surface area contributed by atoms with Crippen molar-refractivity contribution in [3.8, 4) is 0 Å². The first kappa shape index (κ1) is 8.87. The Bertz CT molecular complexity index is 401. The van der Waals surface area contributed by atoms with E-state index in [0.29, 0.717) is 12.2 Å². The van der Waals surface area contributed by atoms with E-state index in [-0.39, 0.29) is 5.91 Å². The molecule has 0 radical (unpaired) electrons. The first-order valence-corrected chi connectivity index (χ1v) is 4.49. The summed E-state index contributed by atoms with van der Waals surface area (Å²) in [4.78, 5) is 13.2. The smallest absolute Gasteiger partial charge is 0.243 e. The van der Waals surface area contributed by atoms with Crippen molar-refractivity contribution in [2.45, 2.75) is 6.92 Å². The first-order valence-electron chi connectivity index (χ1n) is 4.49. The Labute approximate surface area is 82.7 Å². The van der Waals surface area contributed by atoms with Gasteiger partial charge in [-0.2, -0.15) is 0 Å². The van der Waals surface area contributed by atoms with E-state index >= 15 is 0 Å². The van der Waals surface area contributed by atoms with Crippen molar-refractivity contribution in [1.29, 1.82) is 0 Å². The first-order chi connectivity index (χ1) is 6.58. The summed E-state index contributed by atoms with van der Waals surface area (Å²) in [5.41, 5.74) is 9.27. The van der Waals surface area contributed by atoms with Crippen LogP contribution in [0.3, 0.4) is 0 Å². The largest absolute Gasteiger partial charge is 0.397 e. The zero-order valence-corrected chi connectivity index (χ0v) is 8.29. The zero-order chi connectivity index (χ0) is 10.3. The molecule has 2 rings (SSSR count). The number of aryl methyl sites for hydroxylation is 1. The molecule has 0 fully saturated rings. The van der Waals surface area contributed by atoms with Gasteiger partial charge in [0.1, 0.15) is 0 Å². The van der Waals surface area contributed by atoms with Gasteiger partial charge in [0.25, 0.3) is 0 Å². The number of nitrogens with zero attached hydrogens (tertiary/aromatic N) is 1. The molecular weight excluding hydrogens is 178 g/mol. The molecule has 1 amide bonds. The summed E-state index contributed by atoms with van der Waals surface area (Å²) in [6.45, 7) is 2.37. The summed E-state index contributed by atoms with van der Waals surface area (Å²) in [6.07, 6.45) is 0. The topological polar surface area (TPSA) is 58.4 Å². The number of nitrogens with one attached hydrogen (secondary N) is 1. The third kappa shape index (κ3) is 1.28. The normalized spacial score (nSPS) is 15.0. The molecule has 4 nitrogen and oxygen atoms in total. The van der Waals surface area contributed by atoms with Gasteiger partial charge in [0.2, 0.25) is 5.91 Å². The molecule has 1 heterocycles. The van der Waals surface area contributed by atoms with Crippen LogP contribution >= 0.6 is 0 Å². The number of benzene rings is 1. The van der Waals surface area contributed by atoms with Crippen LogP contribution in [-0.2, 0) is 4.79 Å². The summed E-state index contributed by atoms with van der Waals surface area (Å²) in [7, 11) is 1.89. The van der Waals surface area contributed by atoms with Crippen molar-refractivity contribution in [3.05, 3.63) is 17.7 Å². The Morgan fingerprint density at radius 2 is 2.21 bits per heavy atom. The molecule has 1 aliphatic heterocycles. The number of fused-ring (bicyclic) bond motifs is 1. The highest BCUT2D eigenvalue weighted by molar-refractivity contribution is 6.04. The second-order valence-corrected chi connectivity index (χ2v) is 3.65. The molecule has 1 aromatic rings. The molecule has 0 aliphatic carbocycles. The molecule has 0 unspecified atom stereocenters. The number of likely N-dealkylation sites (N-methyl/N-ethyl adjacent to an activating group) is 1. The molecule has 1 aromatic carbocycles. The zero-order valence-electron chi connectivity index (χ0n) is 8.29. The van der Waals surface area contributed by atoms with E-state index in [0.717, 1.165) is 16.9 Å². The van der Waals surface area contributed by atoms with Crippen LogP contribution in [0.1, 0.15) is 5.56 Å². The predicted molar refractivity (Wildman–Crippen MR) is 57.5 cm³/mol. The number of hydrogen-bond donors (Lipinski definition) is 2. The minimum Gasteiger partial charge on any atom is -0.397 e. The van der Waals surface area contributed by atoms with Crippen molar-refractivity contribution in [2.75, 3.05) is 29.5 Å². The van der Waals surface area contributed by atoms with Gasteiger partial charge in [0.15, 0.2) is 0 Å². The SMILES string of the molecule is Cc1cc(N)c2c(c1)N(C)CC(=O)N2. The maximum Gasteiger partial charge on any atom is 0.243 e. The fraction of sp³-hybridized carbons (Fsp3) is 0.300. The van der Waals surface area contributed by atoms with Crippen LogP contribution in [0.25, 0.3) is 0 Å². The number of carbonyl (C=O) groups is 1. The molecule has 0 saturated heterocycles. The van der Waals surface area contributed by atoms with Crippen molar-refractivity contribution >= 4 is 23.0 Å². The molecule has 0 saturated carbocycles. The molecule has 74 valence electrons. The lowest BCUT2D eigenvalue weighted by atomic mass is 10.1. The number of nitrogens with two attached hydrogens (primary N) is 1. The summed E-state index contributed by atoms with van der Waals surface area (Å²) in [6, 6.07) is 3.88. The average molecular weight is 191 g/mol. The van der Waals surface area contributed by atoms with E-state index in [9.17, 15) is 4.79 Å². The maximum atomic E-state index is 11.3. The Hall–Kier alpha value is -1.71. The minimum atomic E-state index is -0.0180. The lowest BCUT2D eigenvalue weighted by Crippen LogP contribution is -2.35. The molecule has 0 bridgehead atoms. The van der Waals surface area contributed by atoms with E-state index in [1.54, 1.807) is 0 Å². The molecule has 14 heavy (non-hydrogen) atoms. The second-order valence-electron chi connectivity index (χ2n) is 3.65. The Morgan fingerprint density at radius 3 is 2.93 bits per heavy atom. The summed E-state index contributed by atoms with van der Waals surface area (Å²) in [5, 5.41) is 2.78. The monoisotopic (exact) mass is 191 g/mol. The number of amides is 1. The Balaban J connectivity index is 2.58.